The Bertz CT molecular complexity index is 452. The van der Waals surface area contributed by atoms with Crippen molar-refractivity contribution in [3.05, 3.63) is 24.3 Å². The summed E-state index contributed by atoms with van der Waals surface area (Å²) in [5, 5.41) is 5.48. The van der Waals surface area contributed by atoms with Crippen LogP contribution >= 0.6 is 12.4 Å². The molecule has 0 bridgehead atoms. The van der Waals surface area contributed by atoms with Gasteiger partial charge in [0, 0.05) is 25.8 Å². The highest BCUT2D eigenvalue weighted by Crippen LogP contribution is 2.17. The van der Waals surface area contributed by atoms with E-state index < -0.39 is 0 Å². The maximum atomic E-state index is 11.4. The molecule has 0 saturated heterocycles. The average molecular weight is 302 g/mol. The summed E-state index contributed by atoms with van der Waals surface area (Å²) < 4.78 is 5.35. The molecule has 0 aliphatic heterocycles. The zero-order valence-electron chi connectivity index (χ0n) is 11.8. The Hall–Kier alpha value is -1.79. The highest BCUT2D eigenvalue weighted by atomic mass is 35.5. The van der Waals surface area contributed by atoms with Crippen LogP contribution in [-0.4, -0.2) is 51.0 Å². The normalized spacial score (nSPS) is 9.35. The number of likely N-dealkylation sites (N-methyl/N-ethyl adjacent to an activating group) is 2. The molecule has 1 aromatic carbocycles. The van der Waals surface area contributed by atoms with Crippen molar-refractivity contribution in [3.8, 4) is 5.75 Å². The Morgan fingerprint density at radius 3 is 2.60 bits per heavy atom. The van der Waals surface area contributed by atoms with Crippen molar-refractivity contribution >= 4 is 29.9 Å². The molecule has 0 spiro atoms. The van der Waals surface area contributed by atoms with Gasteiger partial charge in [-0.05, 0) is 19.2 Å². The molecular weight excluding hydrogens is 282 g/mol. The quantitative estimate of drug-likeness (QED) is 0.813. The second kappa shape index (κ2) is 9.17. The van der Waals surface area contributed by atoms with E-state index in [1.165, 1.54) is 4.90 Å². The molecule has 0 unspecified atom stereocenters. The number of ether oxygens (including phenoxy) is 1. The summed E-state index contributed by atoms with van der Waals surface area (Å²) in [7, 11) is 5.03. The second-order valence-corrected chi connectivity index (χ2v) is 4.18. The van der Waals surface area contributed by atoms with Crippen LogP contribution in [0.2, 0.25) is 0 Å². The number of amides is 2. The molecule has 0 heterocycles. The summed E-state index contributed by atoms with van der Waals surface area (Å²) in [5.74, 6) is 0.283. The molecule has 0 aromatic heterocycles. The van der Waals surface area contributed by atoms with E-state index in [9.17, 15) is 9.59 Å². The van der Waals surface area contributed by atoms with Gasteiger partial charge in [0.05, 0.1) is 6.54 Å². The Morgan fingerprint density at radius 1 is 1.30 bits per heavy atom. The first-order valence-electron chi connectivity index (χ1n) is 5.90. The smallest absolute Gasteiger partial charge is 0.259 e. The van der Waals surface area contributed by atoms with E-state index in [0.29, 0.717) is 11.4 Å². The van der Waals surface area contributed by atoms with Gasteiger partial charge in [-0.3, -0.25) is 9.59 Å². The van der Waals surface area contributed by atoms with Gasteiger partial charge < -0.3 is 20.3 Å². The number of hydrogen-bond acceptors (Lipinski definition) is 4. The SMILES string of the molecule is CNCC(=O)Nc1cccc(OCC(=O)N(C)C)c1.Cl. The monoisotopic (exact) mass is 301 g/mol. The van der Waals surface area contributed by atoms with Gasteiger partial charge in [0.1, 0.15) is 5.75 Å². The number of carbonyl (C=O) groups excluding carboxylic acids is 2. The Morgan fingerprint density at radius 2 is 2.00 bits per heavy atom. The van der Waals surface area contributed by atoms with Gasteiger partial charge in [-0.2, -0.15) is 0 Å². The van der Waals surface area contributed by atoms with E-state index in [-0.39, 0.29) is 37.4 Å². The first-order valence-corrected chi connectivity index (χ1v) is 5.90. The lowest BCUT2D eigenvalue weighted by atomic mass is 10.3. The highest BCUT2D eigenvalue weighted by molar-refractivity contribution is 5.92. The van der Waals surface area contributed by atoms with Crippen LogP contribution < -0.4 is 15.4 Å². The van der Waals surface area contributed by atoms with Crippen LogP contribution in [-0.2, 0) is 9.59 Å². The molecule has 0 saturated carbocycles. The van der Waals surface area contributed by atoms with E-state index in [2.05, 4.69) is 10.6 Å². The number of benzene rings is 1. The number of nitrogens with one attached hydrogen (secondary N) is 2. The maximum absolute atomic E-state index is 11.4. The molecule has 1 rings (SSSR count). The largest absolute Gasteiger partial charge is 0.484 e. The van der Waals surface area contributed by atoms with Crippen molar-refractivity contribution in [2.75, 3.05) is 39.6 Å². The highest BCUT2D eigenvalue weighted by Gasteiger charge is 2.06. The van der Waals surface area contributed by atoms with E-state index >= 15 is 0 Å². The zero-order chi connectivity index (χ0) is 14.3. The van der Waals surface area contributed by atoms with Crippen LogP contribution in [0, 0.1) is 0 Å². The number of anilines is 1. The van der Waals surface area contributed by atoms with Crippen LogP contribution in [0.3, 0.4) is 0 Å². The molecule has 1 aromatic rings. The molecular formula is C13H20ClN3O3. The van der Waals surface area contributed by atoms with Crippen molar-refractivity contribution < 1.29 is 14.3 Å². The van der Waals surface area contributed by atoms with Gasteiger partial charge in [0.2, 0.25) is 5.91 Å². The Kier molecular flexibility index (Phi) is 8.35. The molecule has 2 N–H and O–H groups in total. The van der Waals surface area contributed by atoms with Crippen molar-refractivity contribution in [1.82, 2.24) is 10.2 Å². The Balaban J connectivity index is 0.00000361. The van der Waals surface area contributed by atoms with Gasteiger partial charge in [-0.1, -0.05) is 6.07 Å². The fourth-order valence-electron chi connectivity index (χ4n) is 1.30. The van der Waals surface area contributed by atoms with Gasteiger partial charge in [0.15, 0.2) is 6.61 Å². The first kappa shape index (κ1) is 18.2. The van der Waals surface area contributed by atoms with Crippen molar-refractivity contribution in [1.29, 1.82) is 0 Å². The molecule has 112 valence electrons. The van der Waals surface area contributed by atoms with Gasteiger partial charge in [0.25, 0.3) is 5.91 Å². The van der Waals surface area contributed by atoms with E-state index in [4.69, 9.17) is 4.74 Å². The average Bonchev–Trinajstić information content (AvgIpc) is 2.36. The van der Waals surface area contributed by atoms with Crippen LogP contribution in [0.5, 0.6) is 5.75 Å². The summed E-state index contributed by atoms with van der Waals surface area (Å²) in [6.45, 7) is 0.213. The van der Waals surface area contributed by atoms with E-state index in [0.717, 1.165) is 0 Å². The molecule has 0 fully saturated rings. The molecule has 0 atom stereocenters. The number of carbonyl (C=O) groups is 2. The lowest BCUT2D eigenvalue weighted by molar-refractivity contribution is -0.130. The summed E-state index contributed by atoms with van der Waals surface area (Å²) >= 11 is 0. The van der Waals surface area contributed by atoms with Crippen molar-refractivity contribution in [3.63, 3.8) is 0 Å². The summed E-state index contributed by atoms with van der Waals surface area (Å²) in [6, 6.07) is 6.92. The number of halogens is 1. The minimum atomic E-state index is -0.135. The third kappa shape index (κ3) is 6.40. The van der Waals surface area contributed by atoms with E-state index in [1.807, 2.05) is 0 Å². The third-order valence-corrected chi connectivity index (χ3v) is 2.32. The number of hydrogen-bond donors (Lipinski definition) is 2. The summed E-state index contributed by atoms with van der Waals surface area (Å²) in [5.41, 5.74) is 0.634. The number of rotatable bonds is 6. The fraction of sp³-hybridized carbons (Fsp3) is 0.385. The minimum absolute atomic E-state index is 0. The predicted octanol–water partition coefficient (Wildman–Crippen LogP) is 0.733. The summed E-state index contributed by atoms with van der Waals surface area (Å²) in [6.07, 6.45) is 0. The maximum Gasteiger partial charge on any atom is 0.259 e. The lowest BCUT2D eigenvalue weighted by Crippen LogP contribution is -2.27. The second-order valence-electron chi connectivity index (χ2n) is 4.18. The van der Waals surface area contributed by atoms with Crippen LogP contribution in [0.15, 0.2) is 24.3 Å². The van der Waals surface area contributed by atoms with Gasteiger partial charge in [-0.15, -0.1) is 12.4 Å². The third-order valence-electron chi connectivity index (χ3n) is 2.32. The minimum Gasteiger partial charge on any atom is -0.484 e. The van der Waals surface area contributed by atoms with Crippen LogP contribution in [0.1, 0.15) is 0 Å². The molecule has 6 nitrogen and oxygen atoms in total. The van der Waals surface area contributed by atoms with Crippen molar-refractivity contribution in [2.24, 2.45) is 0 Å². The molecule has 0 radical (unpaired) electrons. The fourth-order valence-corrected chi connectivity index (χ4v) is 1.30. The van der Waals surface area contributed by atoms with Crippen LogP contribution in [0.4, 0.5) is 5.69 Å². The van der Waals surface area contributed by atoms with Gasteiger partial charge in [-0.25, -0.2) is 0 Å². The zero-order valence-corrected chi connectivity index (χ0v) is 12.6. The molecule has 20 heavy (non-hydrogen) atoms. The van der Waals surface area contributed by atoms with Crippen LogP contribution in [0.25, 0.3) is 0 Å². The standard InChI is InChI=1S/C13H19N3O3.ClH/c1-14-8-12(17)15-10-5-4-6-11(7-10)19-9-13(18)16(2)3;/h4-7,14H,8-9H2,1-3H3,(H,15,17);1H. The number of nitrogens with zero attached hydrogens (tertiary/aromatic N) is 1. The van der Waals surface area contributed by atoms with E-state index in [1.54, 1.807) is 45.4 Å². The molecule has 7 heteroatoms. The topological polar surface area (TPSA) is 70.7 Å². The van der Waals surface area contributed by atoms with Gasteiger partial charge >= 0.3 is 0 Å². The predicted molar refractivity (Wildman–Crippen MR) is 80.4 cm³/mol. The molecule has 0 aliphatic rings. The first-order chi connectivity index (χ1) is 9.02. The molecule has 0 aliphatic carbocycles. The van der Waals surface area contributed by atoms with Crippen molar-refractivity contribution in [2.45, 2.75) is 0 Å². The molecule has 2 amide bonds. The summed E-state index contributed by atoms with van der Waals surface area (Å²) in [4.78, 5) is 24.2. The lowest BCUT2D eigenvalue weighted by Gasteiger charge is -2.12. The Labute approximate surface area is 124 Å².